The van der Waals surface area contributed by atoms with Gasteiger partial charge >= 0.3 is 0 Å². The SMILES string of the molecule is CC(=CCC[C@H](C)C1=CC[C@]2(C)C[C@@H]3C(C)=CC(=O)[C@@]34C(CO)=CC[C@@]124)CO. The molecule has 4 rings (SSSR count). The Labute approximate surface area is 168 Å². The molecule has 0 amide bonds. The van der Waals surface area contributed by atoms with Crippen LogP contribution in [0.3, 0.4) is 0 Å². The second kappa shape index (κ2) is 6.53. The molecule has 5 atom stereocenters. The molecule has 3 nitrogen and oxygen atoms in total. The molecule has 0 aromatic rings. The summed E-state index contributed by atoms with van der Waals surface area (Å²) in [6.07, 6.45) is 13.5. The molecule has 1 saturated carbocycles. The fourth-order valence-electron chi connectivity index (χ4n) is 7.43. The van der Waals surface area contributed by atoms with E-state index in [2.05, 4.69) is 39.0 Å². The van der Waals surface area contributed by atoms with Crippen molar-refractivity contribution < 1.29 is 15.0 Å². The molecule has 0 heterocycles. The molecule has 4 aliphatic rings. The monoisotopic (exact) mass is 382 g/mol. The Morgan fingerprint density at radius 1 is 1.32 bits per heavy atom. The highest BCUT2D eigenvalue weighted by Crippen LogP contribution is 2.81. The molecular formula is C25H34O3. The third-order valence-corrected chi connectivity index (χ3v) is 8.65. The number of rotatable bonds is 6. The molecule has 0 radical (unpaired) electrons. The van der Waals surface area contributed by atoms with Gasteiger partial charge in [0, 0.05) is 5.41 Å². The van der Waals surface area contributed by atoms with Gasteiger partial charge in [-0.3, -0.25) is 4.79 Å². The summed E-state index contributed by atoms with van der Waals surface area (Å²) in [6.45, 7) is 8.86. The van der Waals surface area contributed by atoms with Crippen molar-refractivity contribution in [1.29, 1.82) is 0 Å². The van der Waals surface area contributed by atoms with E-state index < -0.39 is 5.41 Å². The number of carbonyl (C=O) groups excluding carboxylic acids is 1. The van der Waals surface area contributed by atoms with E-state index in [0.717, 1.165) is 43.3 Å². The molecule has 28 heavy (non-hydrogen) atoms. The van der Waals surface area contributed by atoms with E-state index in [-0.39, 0.29) is 35.7 Å². The first-order chi connectivity index (χ1) is 13.3. The van der Waals surface area contributed by atoms with E-state index in [1.807, 2.05) is 13.0 Å². The fraction of sp³-hybridized carbons (Fsp3) is 0.640. The van der Waals surface area contributed by atoms with Gasteiger partial charge in [-0.2, -0.15) is 0 Å². The Bertz CT molecular complexity index is 829. The van der Waals surface area contributed by atoms with E-state index in [0.29, 0.717) is 5.92 Å². The fourth-order valence-corrected chi connectivity index (χ4v) is 7.43. The van der Waals surface area contributed by atoms with Gasteiger partial charge in [-0.1, -0.05) is 48.8 Å². The number of hydrogen-bond acceptors (Lipinski definition) is 3. The number of ketones is 1. The molecule has 2 spiro atoms. The Morgan fingerprint density at radius 3 is 2.75 bits per heavy atom. The standard InChI is InChI=1S/C25H34O3/c1-16(14-26)6-5-7-17(2)20-9-10-23(4)13-21-18(3)12-22(28)25(21)19(15-27)8-11-24(20,23)25/h6,8-9,12,17,21,26-27H,5,7,10-11,13-15H2,1-4H3/t17-,21+,23+,24+,25+/m0/s1. The van der Waals surface area contributed by atoms with Crippen LogP contribution in [0.2, 0.25) is 0 Å². The maximum Gasteiger partial charge on any atom is 0.167 e. The van der Waals surface area contributed by atoms with Crippen molar-refractivity contribution in [2.45, 2.75) is 59.8 Å². The minimum atomic E-state index is -0.548. The minimum absolute atomic E-state index is 0.0126. The van der Waals surface area contributed by atoms with Crippen molar-refractivity contribution in [3.05, 3.63) is 46.6 Å². The van der Waals surface area contributed by atoms with Gasteiger partial charge in [0.1, 0.15) is 0 Å². The third-order valence-electron chi connectivity index (χ3n) is 8.65. The van der Waals surface area contributed by atoms with Gasteiger partial charge in [0.25, 0.3) is 0 Å². The lowest BCUT2D eigenvalue weighted by molar-refractivity contribution is -0.127. The summed E-state index contributed by atoms with van der Waals surface area (Å²) in [5, 5.41) is 19.5. The number of carbonyl (C=O) groups is 1. The first kappa shape index (κ1) is 19.8. The number of allylic oxidation sites excluding steroid dienone is 6. The van der Waals surface area contributed by atoms with Crippen molar-refractivity contribution >= 4 is 5.78 Å². The van der Waals surface area contributed by atoms with E-state index in [1.165, 1.54) is 11.1 Å². The van der Waals surface area contributed by atoms with Crippen LogP contribution in [-0.2, 0) is 4.79 Å². The van der Waals surface area contributed by atoms with Crippen LogP contribution in [0.4, 0.5) is 0 Å². The van der Waals surface area contributed by atoms with Crippen LogP contribution in [0, 0.1) is 28.1 Å². The molecular weight excluding hydrogens is 348 g/mol. The number of hydrogen-bond donors (Lipinski definition) is 2. The molecule has 0 saturated heterocycles. The highest BCUT2D eigenvalue weighted by Gasteiger charge is 2.78. The Morgan fingerprint density at radius 2 is 2.07 bits per heavy atom. The van der Waals surface area contributed by atoms with Crippen LogP contribution in [0.25, 0.3) is 0 Å². The molecule has 4 aliphatic carbocycles. The third kappa shape index (κ3) is 2.15. The van der Waals surface area contributed by atoms with Crippen LogP contribution < -0.4 is 0 Å². The van der Waals surface area contributed by atoms with Crippen molar-refractivity contribution in [3.8, 4) is 0 Å². The predicted molar refractivity (Wildman–Crippen MR) is 112 cm³/mol. The van der Waals surface area contributed by atoms with Crippen molar-refractivity contribution in [3.63, 3.8) is 0 Å². The van der Waals surface area contributed by atoms with E-state index in [9.17, 15) is 15.0 Å². The first-order valence-corrected chi connectivity index (χ1v) is 10.8. The van der Waals surface area contributed by atoms with E-state index in [1.54, 1.807) is 0 Å². The van der Waals surface area contributed by atoms with Gasteiger partial charge in [0.15, 0.2) is 5.78 Å². The number of aliphatic hydroxyl groups excluding tert-OH is 2. The average molecular weight is 383 g/mol. The van der Waals surface area contributed by atoms with E-state index in [4.69, 9.17) is 0 Å². The maximum atomic E-state index is 13.5. The molecule has 0 aromatic heterocycles. The second-order valence-electron chi connectivity index (χ2n) is 9.93. The summed E-state index contributed by atoms with van der Waals surface area (Å²) in [7, 11) is 0. The van der Waals surface area contributed by atoms with Gasteiger partial charge in [-0.15, -0.1) is 0 Å². The summed E-state index contributed by atoms with van der Waals surface area (Å²) in [4.78, 5) is 13.5. The Balaban J connectivity index is 1.75. The van der Waals surface area contributed by atoms with Crippen molar-refractivity contribution in [2.75, 3.05) is 13.2 Å². The molecule has 1 fully saturated rings. The number of aliphatic hydroxyl groups is 2. The molecule has 0 aliphatic heterocycles. The van der Waals surface area contributed by atoms with Crippen LogP contribution in [0.1, 0.15) is 59.8 Å². The van der Waals surface area contributed by atoms with Crippen LogP contribution >= 0.6 is 0 Å². The van der Waals surface area contributed by atoms with Gasteiger partial charge in [0.2, 0.25) is 0 Å². The first-order valence-electron chi connectivity index (χ1n) is 10.8. The predicted octanol–water partition coefficient (Wildman–Crippen LogP) is 4.52. The van der Waals surface area contributed by atoms with Gasteiger partial charge in [0.05, 0.1) is 18.6 Å². The largest absolute Gasteiger partial charge is 0.392 e. The van der Waals surface area contributed by atoms with Crippen LogP contribution in [0.15, 0.2) is 46.6 Å². The molecule has 152 valence electrons. The zero-order chi connectivity index (χ0) is 20.3. The molecule has 0 aromatic carbocycles. The molecule has 0 unspecified atom stereocenters. The minimum Gasteiger partial charge on any atom is -0.392 e. The zero-order valence-corrected chi connectivity index (χ0v) is 17.7. The van der Waals surface area contributed by atoms with Crippen LogP contribution in [-0.4, -0.2) is 29.2 Å². The summed E-state index contributed by atoms with van der Waals surface area (Å²) in [6, 6.07) is 0. The van der Waals surface area contributed by atoms with E-state index >= 15 is 0 Å². The van der Waals surface area contributed by atoms with Gasteiger partial charge in [-0.25, -0.2) is 0 Å². The average Bonchev–Trinajstić information content (AvgIpc) is 3.29. The van der Waals surface area contributed by atoms with Crippen LogP contribution in [0.5, 0.6) is 0 Å². The van der Waals surface area contributed by atoms with Crippen molar-refractivity contribution in [1.82, 2.24) is 0 Å². The lowest BCUT2D eigenvalue weighted by atomic mass is 9.52. The van der Waals surface area contributed by atoms with Gasteiger partial charge in [-0.05, 0) is 74.9 Å². The smallest absolute Gasteiger partial charge is 0.167 e. The Kier molecular flexibility index (Phi) is 4.63. The molecule has 2 N–H and O–H groups in total. The second-order valence-corrected chi connectivity index (χ2v) is 9.93. The topological polar surface area (TPSA) is 57.5 Å². The lowest BCUT2D eigenvalue weighted by Gasteiger charge is -2.49. The summed E-state index contributed by atoms with van der Waals surface area (Å²) < 4.78 is 0. The maximum absolute atomic E-state index is 13.5. The normalized spacial score (nSPS) is 40.1. The summed E-state index contributed by atoms with van der Waals surface area (Å²) in [5.41, 5.74) is 3.99. The quantitative estimate of drug-likeness (QED) is 0.664. The highest BCUT2D eigenvalue weighted by atomic mass is 16.3. The molecule has 0 bridgehead atoms. The lowest BCUT2D eigenvalue weighted by Crippen LogP contribution is -2.49. The molecule has 3 heteroatoms. The van der Waals surface area contributed by atoms with Crippen molar-refractivity contribution in [2.24, 2.45) is 28.1 Å². The zero-order valence-electron chi connectivity index (χ0n) is 17.7. The van der Waals surface area contributed by atoms with Gasteiger partial charge < -0.3 is 10.2 Å². The summed E-state index contributed by atoms with van der Waals surface area (Å²) >= 11 is 0. The Hall–Kier alpha value is -1.45. The highest BCUT2D eigenvalue weighted by molar-refractivity contribution is 6.04. The summed E-state index contributed by atoms with van der Waals surface area (Å²) in [5.74, 6) is 0.853.